The number of alkyl halides is 2. The lowest BCUT2D eigenvalue weighted by atomic mass is 10.1. The van der Waals surface area contributed by atoms with Gasteiger partial charge in [0.1, 0.15) is 16.3 Å². The highest BCUT2D eigenvalue weighted by Crippen LogP contribution is 2.31. The second-order valence-electron chi connectivity index (χ2n) is 7.27. The summed E-state index contributed by atoms with van der Waals surface area (Å²) >= 11 is 0. The molecule has 0 radical (unpaired) electrons. The van der Waals surface area contributed by atoms with Crippen molar-refractivity contribution >= 4 is 20.0 Å². The molecule has 1 heterocycles. The van der Waals surface area contributed by atoms with Crippen LogP contribution in [0.1, 0.15) is 12.1 Å². The van der Waals surface area contributed by atoms with Gasteiger partial charge in [-0.25, -0.2) is 40.6 Å². The van der Waals surface area contributed by atoms with Crippen molar-refractivity contribution in [2.75, 3.05) is 7.11 Å². The van der Waals surface area contributed by atoms with Gasteiger partial charge in [0.05, 0.1) is 23.4 Å². The van der Waals surface area contributed by atoms with E-state index in [0.29, 0.717) is 17.0 Å². The Labute approximate surface area is 207 Å². The molecule has 0 atom stereocenters. The van der Waals surface area contributed by atoms with Gasteiger partial charge in [0, 0.05) is 5.56 Å². The topological polar surface area (TPSA) is 147 Å². The van der Waals surface area contributed by atoms with Crippen LogP contribution in [-0.2, 0) is 20.0 Å². The highest BCUT2D eigenvalue weighted by atomic mass is 32.2. The third-order valence-corrected chi connectivity index (χ3v) is 6.70. The lowest BCUT2D eigenvalue weighted by molar-refractivity contribution is 0.145. The number of sulfonamides is 2. The van der Waals surface area contributed by atoms with Crippen molar-refractivity contribution < 1.29 is 30.4 Å². The van der Waals surface area contributed by atoms with Gasteiger partial charge in [-0.1, -0.05) is 30.3 Å². The smallest absolute Gasteiger partial charge is 0.282 e. The molecule has 0 aliphatic heterocycles. The summed E-state index contributed by atoms with van der Waals surface area (Å²) in [4.78, 5) is -0.0614. The molecule has 190 valence electrons. The number of rotatable bonds is 6. The van der Waals surface area contributed by atoms with E-state index < -0.39 is 32.2 Å². The maximum Gasteiger partial charge on any atom is 0.282 e. The Balaban J connectivity index is 0.000000303. The first-order chi connectivity index (χ1) is 16.9. The van der Waals surface area contributed by atoms with E-state index in [4.69, 9.17) is 15.0 Å². The molecule has 13 heteroatoms. The average Bonchev–Trinajstić information content (AvgIpc) is 3.30. The maximum atomic E-state index is 13.2. The van der Waals surface area contributed by atoms with Crippen molar-refractivity contribution in [2.45, 2.75) is 16.2 Å². The lowest BCUT2D eigenvalue weighted by Gasteiger charge is -2.11. The Morgan fingerprint density at radius 2 is 1.42 bits per heavy atom. The molecule has 1 aromatic heterocycles. The van der Waals surface area contributed by atoms with Crippen LogP contribution in [0.2, 0.25) is 0 Å². The highest BCUT2D eigenvalue weighted by Gasteiger charge is 2.22. The molecule has 9 nitrogen and oxygen atoms in total. The number of nitrogens with zero attached hydrogens (tertiary/aromatic N) is 2. The predicted octanol–water partition coefficient (Wildman–Crippen LogP) is 3.47. The second kappa shape index (κ2) is 11.0. The Bertz CT molecular complexity index is 1540. The fourth-order valence-corrected chi connectivity index (χ4v) is 4.39. The van der Waals surface area contributed by atoms with E-state index in [9.17, 15) is 25.6 Å². The second-order valence-corrected chi connectivity index (χ2v) is 10.4. The van der Waals surface area contributed by atoms with Gasteiger partial charge in [0.15, 0.2) is 0 Å². The van der Waals surface area contributed by atoms with Crippen LogP contribution in [0.15, 0.2) is 94.7 Å². The number of hydrogen-bond acceptors (Lipinski definition) is 6. The fraction of sp³-hybridized carbons (Fsp3) is 0.0870. The molecule has 0 bridgehead atoms. The molecule has 0 spiro atoms. The van der Waals surface area contributed by atoms with Gasteiger partial charge in [0.25, 0.3) is 6.43 Å². The van der Waals surface area contributed by atoms with Crippen LogP contribution in [0.3, 0.4) is 0 Å². The van der Waals surface area contributed by atoms with Crippen LogP contribution in [0.4, 0.5) is 8.78 Å². The number of methoxy groups -OCH3 is 1. The molecule has 4 aromatic rings. The Morgan fingerprint density at radius 1 is 0.833 bits per heavy atom. The van der Waals surface area contributed by atoms with E-state index in [-0.39, 0.29) is 15.5 Å². The number of para-hydroxylation sites is 1. The van der Waals surface area contributed by atoms with Crippen molar-refractivity contribution in [3.63, 3.8) is 0 Å². The lowest BCUT2D eigenvalue weighted by Crippen LogP contribution is -2.16. The summed E-state index contributed by atoms with van der Waals surface area (Å²) in [6, 6.07) is 21.6. The largest absolute Gasteiger partial charge is 0.497 e. The Hall–Kier alpha value is -3.65. The van der Waals surface area contributed by atoms with Gasteiger partial charge in [-0.05, 0) is 54.6 Å². The molecule has 0 aliphatic carbocycles. The van der Waals surface area contributed by atoms with Gasteiger partial charge < -0.3 is 4.74 Å². The number of aromatic nitrogens is 2. The van der Waals surface area contributed by atoms with Gasteiger partial charge >= 0.3 is 0 Å². The van der Waals surface area contributed by atoms with Gasteiger partial charge in [-0.3, -0.25) is 0 Å². The van der Waals surface area contributed by atoms with Crippen LogP contribution < -0.4 is 15.0 Å². The molecule has 0 fully saturated rings. The quantitative estimate of drug-likeness (QED) is 0.386. The number of benzene rings is 3. The minimum absolute atomic E-state index is 0.0905. The predicted molar refractivity (Wildman–Crippen MR) is 130 cm³/mol. The van der Waals surface area contributed by atoms with Crippen LogP contribution >= 0.6 is 0 Å². The molecule has 4 rings (SSSR count). The van der Waals surface area contributed by atoms with E-state index in [1.54, 1.807) is 48.5 Å². The third-order valence-electron chi connectivity index (χ3n) is 4.81. The van der Waals surface area contributed by atoms with Crippen molar-refractivity contribution in [3.8, 4) is 22.7 Å². The van der Waals surface area contributed by atoms with Crippen molar-refractivity contribution in [1.29, 1.82) is 0 Å². The first-order valence-electron chi connectivity index (χ1n) is 10.1. The number of ether oxygens (including phenoxy) is 1. The molecule has 0 aliphatic rings. The number of hydrogen-bond donors (Lipinski definition) is 2. The van der Waals surface area contributed by atoms with Crippen molar-refractivity contribution in [3.05, 3.63) is 90.6 Å². The first-order valence-corrected chi connectivity index (χ1v) is 13.2. The van der Waals surface area contributed by atoms with Crippen LogP contribution in [0.25, 0.3) is 16.9 Å². The molecular formula is C23H22F2N4O5S2. The molecule has 0 unspecified atom stereocenters. The maximum absolute atomic E-state index is 13.2. The zero-order valence-electron chi connectivity index (χ0n) is 18.8. The monoisotopic (exact) mass is 536 g/mol. The zero-order valence-corrected chi connectivity index (χ0v) is 20.5. The van der Waals surface area contributed by atoms with Crippen molar-refractivity contribution in [2.24, 2.45) is 10.3 Å². The van der Waals surface area contributed by atoms with Gasteiger partial charge in [-0.2, -0.15) is 5.10 Å². The summed E-state index contributed by atoms with van der Waals surface area (Å²) in [6.45, 7) is 0. The zero-order chi connectivity index (χ0) is 26.5. The molecule has 0 saturated carbocycles. The van der Waals surface area contributed by atoms with Crippen LogP contribution in [-0.4, -0.2) is 33.7 Å². The van der Waals surface area contributed by atoms with Gasteiger partial charge in [-0.15, -0.1) is 0 Å². The van der Waals surface area contributed by atoms with E-state index in [2.05, 4.69) is 5.10 Å². The summed E-state index contributed by atoms with van der Waals surface area (Å²) in [7, 11) is -6.06. The van der Waals surface area contributed by atoms with E-state index in [1.807, 2.05) is 0 Å². The number of halogens is 2. The summed E-state index contributed by atoms with van der Waals surface area (Å²) in [5.74, 6) is 0.596. The van der Waals surface area contributed by atoms with Crippen molar-refractivity contribution in [1.82, 2.24) is 9.78 Å². The van der Waals surface area contributed by atoms with E-state index in [0.717, 1.165) is 4.68 Å². The fourth-order valence-electron chi connectivity index (χ4n) is 3.14. The summed E-state index contributed by atoms with van der Waals surface area (Å²) in [6.07, 6.45) is -2.81. The molecule has 4 N–H and O–H groups in total. The third kappa shape index (κ3) is 6.51. The summed E-state index contributed by atoms with van der Waals surface area (Å²) < 4.78 is 77.6. The average molecular weight is 537 g/mol. The normalized spacial score (nSPS) is 11.6. The number of primary sulfonamides is 2. The van der Waals surface area contributed by atoms with E-state index >= 15 is 0 Å². The van der Waals surface area contributed by atoms with Crippen LogP contribution in [0.5, 0.6) is 5.75 Å². The number of nitrogens with two attached hydrogens (primary N) is 2. The van der Waals surface area contributed by atoms with E-state index in [1.165, 1.54) is 43.5 Å². The SMILES string of the molecule is COc1ccc(-c2cc(C(F)F)nn2-c2ccccc2S(N)(=O)=O)cc1.NS(=O)(=O)c1ccccc1. The highest BCUT2D eigenvalue weighted by molar-refractivity contribution is 7.89. The summed E-state index contributed by atoms with van der Waals surface area (Å²) in [5, 5.41) is 14.0. The Kier molecular flexibility index (Phi) is 8.20. The van der Waals surface area contributed by atoms with Crippen LogP contribution in [0, 0.1) is 0 Å². The molecule has 36 heavy (non-hydrogen) atoms. The standard InChI is InChI=1S/C17H15F2N3O3S.C6H7NO2S/c1-25-12-8-6-11(7-9-12)15-10-13(17(18)19)21-22(15)14-4-2-3-5-16(14)26(20,23)24;7-10(8,9)6-4-2-1-3-5-6/h2-10,17H,1H3,(H2,20,23,24);1-5H,(H2,7,8,9). The molecule has 3 aromatic carbocycles. The first kappa shape index (κ1) is 26.9. The summed E-state index contributed by atoms with van der Waals surface area (Å²) in [5.41, 5.74) is 0.487. The molecule has 0 amide bonds. The molecule has 0 saturated heterocycles. The molecular weight excluding hydrogens is 514 g/mol. The minimum Gasteiger partial charge on any atom is -0.497 e. The van der Waals surface area contributed by atoms with Gasteiger partial charge in [0.2, 0.25) is 20.0 Å². The Morgan fingerprint density at radius 3 is 1.92 bits per heavy atom. The minimum atomic E-state index is -4.07.